The van der Waals surface area contributed by atoms with Crippen molar-refractivity contribution < 1.29 is 110 Å². The summed E-state index contributed by atoms with van der Waals surface area (Å²) in [6.45, 7) is 0.882. The first-order chi connectivity index (χ1) is 35.1. The second-order valence-electron chi connectivity index (χ2n) is 16.9. The molecule has 0 aliphatic carbocycles. The van der Waals surface area contributed by atoms with E-state index in [1.54, 1.807) is 0 Å². The molecule has 0 atom stereocenters. The zero-order valence-electron chi connectivity index (χ0n) is 37.6. The van der Waals surface area contributed by atoms with Gasteiger partial charge < -0.3 is 0 Å². The van der Waals surface area contributed by atoms with E-state index in [9.17, 15) is 105 Å². The van der Waals surface area contributed by atoms with E-state index >= 15 is 0 Å². The van der Waals surface area contributed by atoms with Crippen molar-refractivity contribution in [2.75, 3.05) is 0 Å². The van der Waals surface area contributed by atoms with Crippen LogP contribution in [-0.4, -0.2) is 6.15 Å². The van der Waals surface area contributed by atoms with Gasteiger partial charge in [-0.15, -0.1) is 0 Å². The average molecular weight is 1190 g/mol. The highest BCUT2D eigenvalue weighted by atomic mass is 79.9. The molecular weight excluding hydrogens is 1160 g/mol. The Bertz CT molecular complexity index is 2780. The Morgan fingerprint density at radius 3 is 0.831 bits per heavy atom. The van der Waals surface area contributed by atoms with Gasteiger partial charge in [-0.2, -0.15) is 132 Å². The molecule has 0 saturated carbocycles. The third-order valence-electron chi connectivity index (χ3n) is 11.7. The van der Waals surface area contributed by atoms with Crippen molar-refractivity contribution in [2.24, 2.45) is 0 Å². The zero-order valence-corrected chi connectivity index (χ0v) is 39.2. The summed E-state index contributed by atoms with van der Waals surface area (Å²) in [6.07, 6.45) is -52.7. The number of hydrogen-bond acceptors (Lipinski definition) is 0. The van der Waals surface area contributed by atoms with Crippen LogP contribution in [0.15, 0.2) is 156 Å². The highest BCUT2D eigenvalue weighted by Crippen LogP contribution is 2.41. The molecule has 0 radical (unpaired) electrons. The molecule has 0 saturated heterocycles. The van der Waals surface area contributed by atoms with Gasteiger partial charge in [0.2, 0.25) is 5.69 Å². The topological polar surface area (TPSA) is 3.88 Å². The number of aromatic nitrogens is 1. The van der Waals surface area contributed by atoms with Gasteiger partial charge in [0, 0.05) is 27.7 Å². The molecule has 1 nitrogen and oxygen atoms in total. The summed E-state index contributed by atoms with van der Waals surface area (Å²) in [4.78, 5) is 0. The van der Waals surface area contributed by atoms with Crippen molar-refractivity contribution >= 4 is 43.9 Å². The molecule has 1 aromatic heterocycles. The van der Waals surface area contributed by atoms with Crippen molar-refractivity contribution in [3.8, 4) is 11.3 Å². The summed E-state index contributed by atoms with van der Waals surface area (Å²) in [7, 11) is 0. The summed E-state index contributed by atoms with van der Waals surface area (Å²) in [5, 5.41) is 0. The van der Waals surface area contributed by atoms with Gasteiger partial charge in [-0.1, -0.05) is 94.8 Å². The van der Waals surface area contributed by atoms with Gasteiger partial charge in [0.1, 0.15) is 6.15 Å². The molecule has 0 bridgehead atoms. The van der Waals surface area contributed by atoms with E-state index in [2.05, 4.69) is 99.5 Å². The second-order valence-corrected chi connectivity index (χ2v) is 17.8. The minimum absolute atomic E-state index is 0.691. The lowest BCUT2D eigenvalue weighted by Crippen LogP contribution is -2.75. The van der Waals surface area contributed by atoms with E-state index < -0.39 is 195 Å². The Morgan fingerprint density at radius 1 is 0.312 bits per heavy atom. The van der Waals surface area contributed by atoms with Crippen LogP contribution in [0.25, 0.3) is 11.3 Å². The second kappa shape index (κ2) is 20.9. The standard InChI is InChI=1S/C32H12BF24.C18H15BrN/c34-25(35,36)13-1-14(26(37,38)39)6-21(5-13)33(22-7-15(27(40,41)42)2-16(8-22)28(43,44)45,23-9-17(29(46,47)48)3-18(10-23)30(49,50)51)24-11-19(31(52,53)54)4-20(12-24)32(55,56)57;19-17-11-9-16(10-12-17)18-8-4-5-13-20(18)14-15-6-2-1-3-7-15/h1-12H;1-13H,14H2/q-1;+1. The van der Waals surface area contributed by atoms with E-state index in [1.807, 2.05) is 0 Å². The molecule has 0 amide bonds. The summed E-state index contributed by atoms with van der Waals surface area (Å²) < 4.78 is 344. The SMILES string of the molecule is Brc1ccc(-c2cccc[n+]2Cc2ccccc2)cc1.FC(F)(F)c1cc([B-](c2cc(C(F)(F)F)cc(C(F)(F)F)c2)(c2cc(C(F)(F)F)cc(C(F)(F)F)c2)c2cc(C(F)(F)F)cc(C(F)(F)F)c2)cc(C(F)(F)F)c1. The molecule has 7 rings (SSSR count). The van der Waals surface area contributed by atoms with Crippen LogP contribution in [-0.2, 0) is 56.0 Å². The molecule has 27 heteroatoms. The number of alkyl halides is 24. The zero-order chi connectivity index (χ0) is 57.7. The Kier molecular flexibility index (Phi) is 16.2. The van der Waals surface area contributed by atoms with Crippen LogP contribution in [0.4, 0.5) is 105 Å². The van der Waals surface area contributed by atoms with Crippen LogP contribution in [0.3, 0.4) is 0 Å². The first-order valence-corrected chi connectivity index (χ1v) is 22.0. The normalized spacial score (nSPS) is 13.3. The largest absolute Gasteiger partial charge is 0.416 e. The van der Waals surface area contributed by atoms with Crippen molar-refractivity contribution in [3.05, 3.63) is 206 Å². The molecule has 0 unspecified atom stereocenters. The quantitative estimate of drug-likeness (QED) is 0.0851. The third-order valence-corrected chi connectivity index (χ3v) is 12.2. The lowest BCUT2D eigenvalue weighted by molar-refractivity contribution is -0.677. The molecule has 410 valence electrons. The minimum atomic E-state index is -6.13. The number of rotatable bonds is 7. The molecule has 0 fully saturated rings. The van der Waals surface area contributed by atoms with Gasteiger partial charge in [0.25, 0.3) is 0 Å². The first kappa shape index (κ1) is 59.6. The summed E-state index contributed by atoms with van der Waals surface area (Å²) in [5.41, 5.74) is -26.4. The fourth-order valence-corrected chi connectivity index (χ4v) is 8.61. The Labute approximate surface area is 426 Å². The molecule has 0 N–H and O–H groups in total. The highest BCUT2D eigenvalue weighted by molar-refractivity contribution is 9.10. The van der Waals surface area contributed by atoms with E-state index in [0.717, 1.165) is 11.0 Å². The summed E-state index contributed by atoms with van der Waals surface area (Å²) in [5.74, 6) is 0. The van der Waals surface area contributed by atoms with E-state index in [0.29, 0.717) is 0 Å². The number of halogens is 25. The molecule has 77 heavy (non-hydrogen) atoms. The lowest BCUT2D eigenvalue weighted by Gasteiger charge is -2.46. The predicted octanol–water partition coefficient (Wildman–Crippen LogP) is 15.7. The molecule has 7 aromatic rings. The Morgan fingerprint density at radius 2 is 0.571 bits per heavy atom. The average Bonchev–Trinajstić information content (AvgIpc) is 3.30. The van der Waals surface area contributed by atoms with E-state index in [-0.39, 0.29) is 0 Å². The van der Waals surface area contributed by atoms with E-state index in [4.69, 9.17) is 0 Å². The number of hydrogen-bond donors (Lipinski definition) is 0. The van der Waals surface area contributed by atoms with Crippen LogP contribution in [0.5, 0.6) is 0 Å². The maximum atomic E-state index is 14.2. The van der Waals surface area contributed by atoms with Crippen molar-refractivity contribution in [1.29, 1.82) is 0 Å². The minimum Gasteiger partial charge on any atom is -0.194 e. The van der Waals surface area contributed by atoms with Crippen LogP contribution in [0.1, 0.15) is 50.1 Å². The maximum Gasteiger partial charge on any atom is 0.416 e. The summed E-state index contributed by atoms with van der Waals surface area (Å²) in [6, 6.07) is 16.5. The summed E-state index contributed by atoms with van der Waals surface area (Å²) >= 11 is 3.48. The van der Waals surface area contributed by atoms with Gasteiger partial charge in [0.05, 0.1) is 44.5 Å². The molecule has 0 aliphatic heterocycles. The maximum absolute atomic E-state index is 14.2. The van der Waals surface area contributed by atoms with Crippen molar-refractivity contribution in [1.82, 2.24) is 0 Å². The van der Waals surface area contributed by atoms with Crippen LogP contribution < -0.4 is 26.4 Å². The van der Waals surface area contributed by atoms with Crippen LogP contribution >= 0.6 is 15.9 Å². The third kappa shape index (κ3) is 13.9. The number of nitrogens with zero attached hydrogens (tertiary/aromatic N) is 1. The monoisotopic (exact) mass is 1190 g/mol. The van der Waals surface area contributed by atoms with Crippen molar-refractivity contribution in [3.63, 3.8) is 0 Å². The fourth-order valence-electron chi connectivity index (χ4n) is 8.35. The van der Waals surface area contributed by atoms with Crippen LogP contribution in [0, 0.1) is 0 Å². The van der Waals surface area contributed by atoms with Crippen LogP contribution in [0.2, 0.25) is 0 Å². The first-order valence-electron chi connectivity index (χ1n) is 21.2. The Hall–Kier alpha value is -6.67. The molecule has 1 heterocycles. The lowest BCUT2D eigenvalue weighted by atomic mass is 9.12. The van der Waals surface area contributed by atoms with Gasteiger partial charge in [-0.3, -0.25) is 0 Å². The van der Waals surface area contributed by atoms with Gasteiger partial charge in [-0.25, -0.2) is 0 Å². The number of pyridine rings is 1. The van der Waals surface area contributed by atoms with E-state index in [1.165, 1.54) is 16.8 Å². The highest BCUT2D eigenvalue weighted by Gasteiger charge is 2.47. The van der Waals surface area contributed by atoms with Crippen molar-refractivity contribution in [2.45, 2.75) is 56.0 Å². The molecular formula is C50H27BBrF24N. The molecule has 0 spiro atoms. The van der Waals surface area contributed by atoms with Gasteiger partial charge in [0.15, 0.2) is 12.7 Å². The fraction of sp³-hybridized carbons (Fsp3) is 0.180. The smallest absolute Gasteiger partial charge is 0.194 e. The molecule has 6 aromatic carbocycles. The Balaban J connectivity index is 0.000000397. The van der Waals surface area contributed by atoms with Gasteiger partial charge in [-0.05, 0) is 54.6 Å². The van der Waals surface area contributed by atoms with Gasteiger partial charge >= 0.3 is 49.4 Å². The molecule has 0 aliphatic rings. The number of benzene rings is 6. The predicted molar refractivity (Wildman–Crippen MR) is 235 cm³/mol.